The highest BCUT2D eigenvalue weighted by molar-refractivity contribution is 7.89. The molecule has 0 unspecified atom stereocenters. The van der Waals surface area contributed by atoms with Crippen LogP contribution < -0.4 is 10.1 Å². The van der Waals surface area contributed by atoms with E-state index < -0.39 is 15.8 Å². The number of urea groups is 1. The molecule has 9 heteroatoms. The van der Waals surface area contributed by atoms with Gasteiger partial charge in [-0.05, 0) is 36.4 Å². The summed E-state index contributed by atoms with van der Waals surface area (Å²) in [7, 11) is -2.19. The molecule has 1 aliphatic rings. The van der Waals surface area contributed by atoms with Crippen molar-refractivity contribution in [1.82, 2.24) is 9.21 Å². The van der Waals surface area contributed by atoms with Gasteiger partial charge in [0.15, 0.2) is 0 Å². The molecule has 1 saturated heterocycles. The summed E-state index contributed by atoms with van der Waals surface area (Å²) in [6.07, 6.45) is 0. The fourth-order valence-corrected chi connectivity index (χ4v) is 4.25. The Kier molecular flexibility index (Phi) is 5.62. The number of halogens is 1. The van der Waals surface area contributed by atoms with Crippen LogP contribution in [0.5, 0.6) is 5.75 Å². The second-order valence-corrected chi connectivity index (χ2v) is 7.91. The number of anilines is 1. The average Bonchev–Trinajstić information content (AvgIpc) is 2.69. The maximum atomic E-state index is 13.0. The van der Waals surface area contributed by atoms with Gasteiger partial charge in [0.25, 0.3) is 0 Å². The molecule has 1 aliphatic heterocycles. The molecule has 1 heterocycles. The summed E-state index contributed by atoms with van der Waals surface area (Å²) < 4.78 is 44.8. The standard InChI is InChI=1S/C18H20FN3O4S/c1-26-17-5-3-2-4-16(17)20-18(23)21-10-12-22(13-11-21)27(24,25)15-8-6-14(19)7-9-15/h2-9H,10-13H2,1H3,(H,20,23). The second-order valence-electron chi connectivity index (χ2n) is 5.98. The Morgan fingerprint density at radius 2 is 1.67 bits per heavy atom. The SMILES string of the molecule is COc1ccccc1NC(=O)N1CCN(S(=O)(=O)c2ccc(F)cc2)CC1. The lowest BCUT2D eigenvalue weighted by molar-refractivity contribution is 0.184. The Morgan fingerprint density at radius 1 is 1.04 bits per heavy atom. The number of amides is 2. The number of carbonyl (C=O) groups excluding carboxylic acids is 1. The van der Waals surface area contributed by atoms with Crippen molar-refractivity contribution in [2.24, 2.45) is 0 Å². The second kappa shape index (κ2) is 7.93. The van der Waals surface area contributed by atoms with Crippen LogP contribution in [0.1, 0.15) is 0 Å². The number of carbonyl (C=O) groups is 1. The molecule has 0 spiro atoms. The van der Waals surface area contributed by atoms with Crippen LogP contribution in [0, 0.1) is 5.82 Å². The smallest absolute Gasteiger partial charge is 0.322 e. The van der Waals surface area contributed by atoms with Crippen LogP contribution in [0.2, 0.25) is 0 Å². The molecule has 2 aromatic rings. The van der Waals surface area contributed by atoms with Crippen molar-refractivity contribution in [1.29, 1.82) is 0 Å². The van der Waals surface area contributed by atoms with Gasteiger partial charge in [-0.15, -0.1) is 0 Å². The van der Waals surface area contributed by atoms with Crippen LogP contribution in [0.4, 0.5) is 14.9 Å². The lowest BCUT2D eigenvalue weighted by Crippen LogP contribution is -2.51. The molecule has 3 rings (SSSR count). The van der Waals surface area contributed by atoms with Crippen LogP contribution in [-0.4, -0.2) is 56.9 Å². The predicted octanol–water partition coefficient (Wildman–Crippen LogP) is 2.37. The zero-order valence-electron chi connectivity index (χ0n) is 14.8. The molecular weight excluding hydrogens is 373 g/mol. The predicted molar refractivity (Wildman–Crippen MR) is 98.7 cm³/mol. The van der Waals surface area contributed by atoms with Crippen molar-refractivity contribution in [3.63, 3.8) is 0 Å². The number of nitrogens with one attached hydrogen (secondary N) is 1. The maximum Gasteiger partial charge on any atom is 0.322 e. The molecule has 2 aromatic carbocycles. The number of sulfonamides is 1. The zero-order chi connectivity index (χ0) is 19.4. The van der Waals surface area contributed by atoms with E-state index in [4.69, 9.17) is 4.74 Å². The van der Waals surface area contributed by atoms with Crippen molar-refractivity contribution in [2.45, 2.75) is 4.90 Å². The van der Waals surface area contributed by atoms with Gasteiger partial charge in [0.05, 0.1) is 17.7 Å². The fourth-order valence-electron chi connectivity index (χ4n) is 2.83. The summed E-state index contributed by atoms with van der Waals surface area (Å²) in [6.45, 7) is 0.834. The van der Waals surface area contributed by atoms with Gasteiger partial charge in [-0.3, -0.25) is 0 Å². The van der Waals surface area contributed by atoms with Gasteiger partial charge < -0.3 is 15.0 Å². The van der Waals surface area contributed by atoms with Gasteiger partial charge in [-0.25, -0.2) is 17.6 Å². The van der Waals surface area contributed by atoms with Crippen molar-refractivity contribution >= 4 is 21.7 Å². The fraction of sp³-hybridized carbons (Fsp3) is 0.278. The van der Waals surface area contributed by atoms with Gasteiger partial charge in [0.1, 0.15) is 11.6 Å². The number of benzene rings is 2. The van der Waals surface area contributed by atoms with E-state index in [9.17, 15) is 17.6 Å². The van der Waals surface area contributed by atoms with Crippen LogP contribution >= 0.6 is 0 Å². The quantitative estimate of drug-likeness (QED) is 0.865. The largest absolute Gasteiger partial charge is 0.495 e. The zero-order valence-corrected chi connectivity index (χ0v) is 15.6. The minimum Gasteiger partial charge on any atom is -0.495 e. The molecule has 2 amide bonds. The first-order valence-corrected chi connectivity index (χ1v) is 9.80. The number of methoxy groups -OCH3 is 1. The summed E-state index contributed by atoms with van der Waals surface area (Å²) in [5.74, 6) is 0.0511. The number of rotatable bonds is 4. The van der Waals surface area contributed by atoms with E-state index in [2.05, 4.69) is 5.32 Å². The normalized spacial score (nSPS) is 15.4. The Labute approximate surface area is 157 Å². The maximum absolute atomic E-state index is 13.0. The van der Waals surface area contributed by atoms with Crippen molar-refractivity contribution in [3.8, 4) is 5.75 Å². The number of hydrogen-bond donors (Lipinski definition) is 1. The minimum atomic E-state index is -3.71. The van der Waals surface area contributed by atoms with E-state index in [1.54, 1.807) is 29.2 Å². The molecule has 1 N–H and O–H groups in total. The number of nitrogens with zero attached hydrogens (tertiary/aromatic N) is 2. The van der Waals surface area contributed by atoms with Gasteiger partial charge in [-0.2, -0.15) is 4.31 Å². The topological polar surface area (TPSA) is 79.0 Å². The molecule has 0 saturated carbocycles. The number of para-hydroxylation sites is 2. The first-order chi connectivity index (χ1) is 12.9. The Hall–Kier alpha value is -2.65. The highest BCUT2D eigenvalue weighted by Gasteiger charge is 2.30. The number of ether oxygens (including phenoxy) is 1. The summed E-state index contributed by atoms with van der Waals surface area (Å²) in [6, 6.07) is 11.4. The van der Waals surface area contributed by atoms with E-state index in [1.807, 2.05) is 0 Å². The third-order valence-electron chi connectivity index (χ3n) is 4.33. The lowest BCUT2D eigenvalue weighted by atomic mass is 10.3. The highest BCUT2D eigenvalue weighted by Crippen LogP contribution is 2.24. The Balaban J connectivity index is 1.63. The summed E-state index contributed by atoms with van der Waals surface area (Å²) >= 11 is 0. The van der Waals surface area contributed by atoms with Crippen molar-refractivity contribution in [2.75, 3.05) is 38.6 Å². The minimum absolute atomic E-state index is 0.0378. The molecule has 0 aliphatic carbocycles. The first-order valence-electron chi connectivity index (χ1n) is 8.36. The molecule has 0 bridgehead atoms. The van der Waals surface area contributed by atoms with E-state index >= 15 is 0 Å². The van der Waals surface area contributed by atoms with Crippen molar-refractivity contribution < 1.29 is 22.3 Å². The van der Waals surface area contributed by atoms with E-state index in [0.29, 0.717) is 11.4 Å². The lowest BCUT2D eigenvalue weighted by Gasteiger charge is -2.34. The molecule has 0 radical (unpaired) electrons. The third kappa shape index (κ3) is 4.20. The Morgan fingerprint density at radius 3 is 2.30 bits per heavy atom. The third-order valence-corrected chi connectivity index (χ3v) is 6.24. The molecule has 0 atom stereocenters. The molecule has 0 aromatic heterocycles. The van der Waals surface area contributed by atoms with Crippen molar-refractivity contribution in [3.05, 3.63) is 54.3 Å². The van der Waals surface area contributed by atoms with E-state index in [-0.39, 0.29) is 37.1 Å². The van der Waals surface area contributed by atoms with Gasteiger partial charge in [-0.1, -0.05) is 12.1 Å². The van der Waals surface area contributed by atoms with Gasteiger partial charge in [0, 0.05) is 26.2 Å². The van der Waals surface area contributed by atoms with E-state index in [0.717, 1.165) is 12.1 Å². The molecule has 144 valence electrons. The monoisotopic (exact) mass is 393 g/mol. The van der Waals surface area contributed by atoms with Crippen LogP contribution in [0.25, 0.3) is 0 Å². The summed E-state index contributed by atoms with van der Waals surface area (Å²) in [5.41, 5.74) is 0.548. The molecular formula is C18H20FN3O4S. The van der Waals surface area contributed by atoms with E-state index in [1.165, 1.54) is 23.5 Å². The van der Waals surface area contributed by atoms with Crippen LogP contribution in [-0.2, 0) is 10.0 Å². The highest BCUT2D eigenvalue weighted by atomic mass is 32.2. The van der Waals surface area contributed by atoms with Crippen LogP contribution in [0.15, 0.2) is 53.4 Å². The number of piperazine rings is 1. The van der Waals surface area contributed by atoms with Gasteiger partial charge >= 0.3 is 6.03 Å². The van der Waals surface area contributed by atoms with Crippen LogP contribution in [0.3, 0.4) is 0 Å². The molecule has 7 nitrogen and oxygen atoms in total. The average molecular weight is 393 g/mol. The Bertz CT molecular complexity index is 910. The summed E-state index contributed by atoms with van der Waals surface area (Å²) in [4.78, 5) is 14.0. The summed E-state index contributed by atoms with van der Waals surface area (Å²) in [5, 5.41) is 2.78. The number of hydrogen-bond acceptors (Lipinski definition) is 4. The van der Waals surface area contributed by atoms with Gasteiger partial charge in [0.2, 0.25) is 10.0 Å². The molecule has 27 heavy (non-hydrogen) atoms. The first kappa shape index (κ1) is 19.1. The molecule has 1 fully saturated rings.